The molecule has 2 N–H and O–H groups in total. The second-order valence-corrected chi connectivity index (χ2v) is 10.3. The van der Waals surface area contributed by atoms with Crippen LogP contribution in [0, 0.1) is 0 Å². The summed E-state index contributed by atoms with van der Waals surface area (Å²) >= 11 is 0. The van der Waals surface area contributed by atoms with Crippen molar-refractivity contribution < 1.29 is 19.1 Å². The molecule has 3 amide bonds. The molecular formula is C30H33N3O4. The van der Waals surface area contributed by atoms with Crippen LogP contribution in [0.5, 0.6) is 0 Å². The van der Waals surface area contributed by atoms with Crippen LogP contribution in [0.15, 0.2) is 48.5 Å². The highest BCUT2D eigenvalue weighted by atomic mass is 16.5. The Labute approximate surface area is 217 Å². The number of rotatable bonds is 5. The molecule has 1 heterocycles. The predicted octanol–water partition coefficient (Wildman–Crippen LogP) is 5.41. The third-order valence-electron chi connectivity index (χ3n) is 6.49. The standard InChI is InChI=1S/C30H33N3O4/c1-6-31-29(36)33-27(34)18(2)37-28(35)25-22-9-7-8-10-24(22)32-26-20(13-16-23(25)26)17-19-11-14-21(15-12-19)30(3,4)5/h7-12,14-15,17-18H,6,13,16H2,1-5H3,(H2,31,33,34,36). The van der Waals surface area contributed by atoms with Crippen molar-refractivity contribution in [1.29, 1.82) is 0 Å². The molecule has 1 atom stereocenters. The molecule has 0 fully saturated rings. The lowest BCUT2D eigenvalue weighted by atomic mass is 9.86. The normalized spacial score (nSPS) is 14.8. The minimum Gasteiger partial charge on any atom is -0.449 e. The number of imide groups is 1. The van der Waals surface area contributed by atoms with Crippen molar-refractivity contribution in [3.8, 4) is 0 Å². The van der Waals surface area contributed by atoms with Crippen LogP contribution in [0.1, 0.15) is 73.8 Å². The zero-order valence-corrected chi connectivity index (χ0v) is 22.0. The van der Waals surface area contributed by atoms with E-state index in [9.17, 15) is 14.4 Å². The highest BCUT2D eigenvalue weighted by molar-refractivity contribution is 6.08. The molecule has 0 aliphatic heterocycles. The lowest BCUT2D eigenvalue weighted by Gasteiger charge is -2.18. The minimum atomic E-state index is -1.14. The van der Waals surface area contributed by atoms with Gasteiger partial charge in [0.2, 0.25) is 0 Å². The Morgan fingerprint density at radius 2 is 1.76 bits per heavy atom. The number of benzene rings is 2. The summed E-state index contributed by atoms with van der Waals surface area (Å²) in [5, 5.41) is 5.35. The Morgan fingerprint density at radius 3 is 2.43 bits per heavy atom. The Hall–Kier alpha value is -4.00. The van der Waals surface area contributed by atoms with Gasteiger partial charge in [0.1, 0.15) is 0 Å². The zero-order valence-electron chi connectivity index (χ0n) is 22.0. The van der Waals surface area contributed by atoms with Gasteiger partial charge in [-0.1, -0.05) is 63.2 Å². The summed E-state index contributed by atoms with van der Waals surface area (Å²) in [7, 11) is 0. The first kappa shape index (κ1) is 26.1. The summed E-state index contributed by atoms with van der Waals surface area (Å²) in [4.78, 5) is 42.4. The van der Waals surface area contributed by atoms with Crippen molar-refractivity contribution in [2.45, 2.75) is 59.0 Å². The number of hydrogen-bond acceptors (Lipinski definition) is 5. The van der Waals surface area contributed by atoms with Gasteiger partial charge in [-0.2, -0.15) is 0 Å². The van der Waals surface area contributed by atoms with E-state index in [1.165, 1.54) is 12.5 Å². The summed E-state index contributed by atoms with van der Waals surface area (Å²) in [5.74, 6) is -1.29. The Kier molecular flexibility index (Phi) is 7.43. The van der Waals surface area contributed by atoms with Crippen LogP contribution in [0.3, 0.4) is 0 Å². The summed E-state index contributed by atoms with van der Waals surface area (Å²) in [6.45, 7) is 10.1. The van der Waals surface area contributed by atoms with Gasteiger partial charge in [-0.3, -0.25) is 10.1 Å². The van der Waals surface area contributed by atoms with E-state index >= 15 is 0 Å². The van der Waals surface area contributed by atoms with Gasteiger partial charge in [-0.15, -0.1) is 0 Å². The molecule has 0 bridgehead atoms. The number of hydrogen-bond donors (Lipinski definition) is 2. The average molecular weight is 500 g/mol. The molecule has 0 radical (unpaired) electrons. The number of carbonyl (C=O) groups is 3. The summed E-state index contributed by atoms with van der Waals surface area (Å²) < 4.78 is 5.53. The van der Waals surface area contributed by atoms with Crippen molar-refractivity contribution in [2.75, 3.05) is 6.54 Å². The molecule has 7 nitrogen and oxygen atoms in total. The molecule has 1 aliphatic rings. The number of nitrogens with one attached hydrogen (secondary N) is 2. The van der Waals surface area contributed by atoms with E-state index in [1.54, 1.807) is 6.92 Å². The number of para-hydroxylation sites is 1. The lowest BCUT2D eigenvalue weighted by Crippen LogP contribution is -2.44. The van der Waals surface area contributed by atoms with Gasteiger partial charge in [0, 0.05) is 11.9 Å². The van der Waals surface area contributed by atoms with E-state index in [2.05, 4.69) is 61.7 Å². The molecule has 192 valence electrons. The molecule has 2 aromatic carbocycles. The van der Waals surface area contributed by atoms with E-state index in [0.717, 1.165) is 28.8 Å². The van der Waals surface area contributed by atoms with Crippen molar-refractivity contribution in [2.24, 2.45) is 0 Å². The molecule has 1 unspecified atom stereocenters. The Balaban J connectivity index is 1.67. The zero-order chi connectivity index (χ0) is 26.7. The second-order valence-electron chi connectivity index (χ2n) is 10.3. The maximum absolute atomic E-state index is 13.4. The van der Waals surface area contributed by atoms with Crippen molar-refractivity contribution in [1.82, 2.24) is 15.6 Å². The van der Waals surface area contributed by atoms with Gasteiger partial charge in [-0.25, -0.2) is 14.6 Å². The number of esters is 1. The first-order valence-electron chi connectivity index (χ1n) is 12.6. The maximum Gasteiger partial charge on any atom is 0.339 e. The van der Waals surface area contributed by atoms with Gasteiger partial charge in [0.05, 0.1) is 16.8 Å². The van der Waals surface area contributed by atoms with Crippen LogP contribution in [0.2, 0.25) is 0 Å². The van der Waals surface area contributed by atoms with Crippen molar-refractivity contribution >= 4 is 40.5 Å². The van der Waals surface area contributed by atoms with Crippen LogP contribution >= 0.6 is 0 Å². The number of aromatic nitrogens is 1. The second kappa shape index (κ2) is 10.5. The first-order valence-corrected chi connectivity index (χ1v) is 12.6. The predicted molar refractivity (Wildman–Crippen MR) is 145 cm³/mol. The van der Waals surface area contributed by atoms with E-state index in [1.807, 2.05) is 24.3 Å². The highest BCUT2D eigenvalue weighted by Crippen LogP contribution is 2.38. The maximum atomic E-state index is 13.4. The van der Waals surface area contributed by atoms with Crippen LogP contribution in [0.25, 0.3) is 22.6 Å². The van der Waals surface area contributed by atoms with E-state index in [-0.39, 0.29) is 5.41 Å². The number of pyridine rings is 1. The lowest BCUT2D eigenvalue weighted by molar-refractivity contribution is -0.127. The molecular weight excluding hydrogens is 466 g/mol. The monoisotopic (exact) mass is 499 g/mol. The van der Waals surface area contributed by atoms with Gasteiger partial charge < -0.3 is 10.1 Å². The Morgan fingerprint density at radius 1 is 1.05 bits per heavy atom. The number of nitrogens with zero attached hydrogens (tertiary/aromatic N) is 1. The fourth-order valence-electron chi connectivity index (χ4n) is 4.48. The summed E-state index contributed by atoms with van der Waals surface area (Å²) in [6, 6.07) is 15.3. The minimum absolute atomic E-state index is 0.0786. The molecule has 0 saturated carbocycles. The number of carbonyl (C=O) groups excluding carboxylic acids is 3. The topological polar surface area (TPSA) is 97.4 Å². The number of amides is 3. The summed E-state index contributed by atoms with van der Waals surface area (Å²) in [6.07, 6.45) is 2.36. The average Bonchev–Trinajstić information content (AvgIpc) is 3.24. The third kappa shape index (κ3) is 5.71. The smallest absolute Gasteiger partial charge is 0.339 e. The largest absolute Gasteiger partial charge is 0.449 e. The van der Waals surface area contributed by atoms with Gasteiger partial charge in [-0.05, 0) is 66.5 Å². The van der Waals surface area contributed by atoms with Crippen LogP contribution in [-0.2, 0) is 21.4 Å². The van der Waals surface area contributed by atoms with Crippen LogP contribution in [0.4, 0.5) is 4.79 Å². The van der Waals surface area contributed by atoms with Crippen LogP contribution < -0.4 is 10.6 Å². The molecule has 7 heteroatoms. The fraction of sp³-hybridized carbons (Fsp3) is 0.333. The molecule has 0 spiro atoms. The number of fused-ring (bicyclic) bond motifs is 2. The molecule has 1 aliphatic carbocycles. The molecule has 0 saturated heterocycles. The van der Waals surface area contributed by atoms with Crippen molar-refractivity contribution in [3.05, 3.63) is 76.5 Å². The van der Waals surface area contributed by atoms with Gasteiger partial charge in [0.25, 0.3) is 5.91 Å². The SMILES string of the molecule is CCNC(=O)NC(=O)C(C)OC(=O)c1c2c(nc3ccccc13)C(=Cc1ccc(C(C)(C)C)cc1)CC2. The Bertz CT molecular complexity index is 1380. The van der Waals surface area contributed by atoms with Crippen LogP contribution in [-0.4, -0.2) is 35.5 Å². The van der Waals surface area contributed by atoms with Gasteiger partial charge in [0.15, 0.2) is 6.10 Å². The molecule has 37 heavy (non-hydrogen) atoms. The molecule has 4 rings (SSSR count). The summed E-state index contributed by atoms with van der Waals surface area (Å²) in [5.41, 5.74) is 6.18. The number of ether oxygens (including phenoxy) is 1. The van der Waals surface area contributed by atoms with Crippen molar-refractivity contribution in [3.63, 3.8) is 0 Å². The van der Waals surface area contributed by atoms with E-state index in [4.69, 9.17) is 9.72 Å². The third-order valence-corrected chi connectivity index (χ3v) is 6.49. The first-order chi connectivity index (χ1) is 17.6. The number of urea groups is 1. The quantitative estimate of drug-likeness (QED) is 0.458. The van der Waals surface area contributed by atoms with Gasteiger partial charge >= 0.3 is 12.0 Å². The fourth-order valence-corrected chi connectivity index (χ4v) is 4.48. The van der Waals surface area contributed by atoms with E-state index in [0.29, 0.717) is 29.4 Å². The molecule has 3 aromatic rings. The molecule has 1 aromatic heterocycles. The highest BCUT2D eigenvalue weighted by Gasteiger charge is 2.29. The number of allylic oxidation sites excluding steroid dienone is 1. The van der Waals surface area contributed by atoms with E-state index < -0.39 is 24.0 Å².